The molecule has 2 N–H and O–H groups in total. The van der Waals surface area contributed by atoms with Gasteiger partial charge in [0.1, 0.15) is 5.82 Å². The SMILES string of the molecule is O=C(O)NC1(c2ccc(-c3ccc(F)cc3)cc2)CC1. The number of hydrogen-bond acceptors (Lipinski definition) is 1. The van der Waals surface area contributed by atoms with Gasteiger partial charge < -0.3 is 10.4 Å². The molecule has 0 saturated heterocycles. The molecule has 1 amide bonds. The molecule has 2 aromatic rings. The largest absolute Gasteiger partial charge is 0.465 e. The summed E-state index contributed by atoms with van der Waals surface area (Å²) in [5.41, 5.74) is 2.49. The molecule has 1 aliphatic carbocycles. The van der Waals surface area contributed by atoms with Gasteiger partial charge in [0.15, 0.2) is 0 Å². The summed E-state index contributed by atoms with van der Waals surface area (Å²) in [4.78, 5) is 10.8. The fraction of sp³-hybridized carbons (Fsp3) is 0.188. The molecule has 2 aromatic carbocycles. The number of rotatable bonds is 3. The lowest BCUT2D eigenvalue weighted by Crippen LogP contribution is -2.33. The van der Waals surface area contributed by atoms with Crippen LogP contribution in [0.5, 0.6) is 0 Å². The predicted octanol–water partition coefficient (Wildman–Crippen LogP) is 3.75. The van der Waals surface area contributed by atoms with E-state index in [9.17, 15) is 9.18 Å². The number of benzene rings is 2. The van der Waals surface area contributed by atoms with E-state index in [2.05, 4.69) is 5.32 Å². The van der Waals surface area contributed by atoms with Crippen LogP contribution in [0.4, 0.5) is 9.18 Å². The Hall–Kier alpha value is -2.36. The van der Waals surface area contributed by atoms with Crippen molar-refractivity contribution in [2.45, 2.75) is 18.4 Å². The Morgan fingerprint density at radius 1 is 1.00 bits per heavy atom. The fourth-order valence-corrected chi connectivity index (χ4v) is 2.44. The highest BCUT2D eigenvalue weighted by atomic mass is 19.1. The van der Waals surface area contributed by atoms with Gasteiger partial charge in [0, 0.05) is 0 Å². The highest BCUT2D eigenvalue weighted by molar-refractivity contribution is 5.68. The topological polar surface area (TPSA) is 49.3 Å². The highest BCUT2D eigenvalue weighted by Gasteiger charge is 2.45. The highest BCUT2D eigenvalue weighted by Crippen LogP contribution is 2.45. The van der Waals surface area contributed by atoms with Crippen LogP contribution in [0.2, 0.25) is 0 Å². The van der Waals surface area contributed by atoms with E-state index in [0.717, 1.165) is 29.5 Å². The zero-order valence-corrected chi connectivity index (χ0v) is 10.8. The van der Waals surface area contributed by atoms with Crippen LogP contribution in [0.25, 0.3) is 11.1 Å². The first-order valence-electron chi connectivity index (χ1n) is 6.47. The monoisotopic (exact) mass is 271 g/mol. The smallest absolute Gasteiger partial charge is 0.405 e. The van der Waals surface area contributed by atoms with E-state index in [-0.39, 0.29) is 5.82 Å². The van der Waals surface area contributed by atoms with Crippen LogP contribution < -0.4 is 5.32 Å². The average molecular weight is 271 g/mol. The summed E-state index contributed by atoms with van der Waals surface area (Å²) in [6.07, 6.45) is 0.662. The lowest BCUT2D eigenvalue weighted by atomic mass is 9.99. The molecule has 0 atom stereocenters. The van der Waals surface area contributed by atoms with Gasteiger partial charge in [-0.1, -0.05) is 36.4 Å². The van der Waals surface area contributed by atoms with Gasteiger partial charge in [-0.15, -0.1) is 0 Å². The molecule has 1 aliphatic rings. The van der Waals surface area contributed by atoms with Crippen molar-refractivity contribution in [1.29, 1.82) is 0 Å². The number of halogens is 1. The van der Waals surface area contributed by atoms with Crippen molar-refractivity contribution in [2.75, 3.05) is 0 Å². The van der Waals surface area contributed by atoms with Gasteiger partial charge in [0.05, 0.1) is 5.54 Å². The zero-order chi connectivity index (χ0) is 14.2. The summed E-state index contributed by atoms with van der Waals surface area (Å²) in [6, 6.07) is 14.1. The maximum absolute atomic E-state index is 12.9. The number of hydrogen-bond donors (Lipinski definition) is 2. The third-order valence-electron chi connectivity index (χ3n) is 3.71. The number of carbonyl (C=O) groups is 1. The summed E-state index contributed by atoms with van der Waals surface area (Å²) in [7, 11) is 0. The summed E-state index contributed by atoms with van der Waals surface area (Å²) >= 11 is 0. The minimum absolute atomic E-state index is 0.257. The second-order valence-corrected chi connectivity index (χ2v) is 5.10. The zero-order valence-electron chi connectivity index (χ0n) is 10.8. The minimum Gasteiger partial charge on any atom is -0.465 e. The lowest BCUT2D eigenvalue weighted by Gasteiger charge is -2.16. The number of amides is 1. The molecule has 1 fully saturated rings. The van der Waals surface area contributed by atoms with Crippen molar-refractivity contribution < 1.29 is 14.3 Å². The van der Waals surface area contributed by atoms with Gasteiger partial charge >= 0.3 is 6.09 Å². The molecule has 0 aliphatic heterocycles. The molecule has 3 rings (SSSR count). The minimum atomic E-state index is -0.995. The van der Waals surface area contributed by atoms with Crippen molar-refractivity contribution >= 4 is 6.09 Å². The Bertz CT molecular complexity index is 631. The Morgan fingerprint density at radius 2 is 1.50 bits per heavy atom. The Balaban J connectivity index is 1.85. The van der Waals surface area contributed by atoms with E-state index in [1.165, 1.54) is 12.1 Å². The maximum atomic E-state index is 12.9. The lowest BCUT2D eigenvalue weighted by molar-refractivity contribution is 0.188. The van der Waals surface area contributed by atoms with Gasteiger partial charge in [-0.05, 0) is 41.7 Å². The van der Waals surface area contributed by atoms with Crippen LogP contribution in [-0.4, -0.2) is 11.2 Å². The van der Waals surface area contributed by atoms with Crippen LogP contribution in [0.3, 0.4) is 0 Å². The van der Waals surface area contributed by atoms with Crippen molar-refractivity contribution in [3.63, 3.8) is 0 Å². The van der Waals surface area contributed by atoms with Gasteiger partial charge in [-0.25, -0.2) is 9.18 Å². The molecular formula is C16H14FNO2. The molecule has 0 aromatic heterocycles. The molecule has 102 valence electrons. The average Bonchev–Trinajstić information content (AvgIpc) is 3.20. The second kappa shape index (κ2) is 4.63. The van der Waals surface area contributed by atoms with E-state index in [1.807, 2.05) is 24.3 Å². The molecule has 0 radical (unpaired) electrons. The van der Waals surface area contributed by atoms with Crippen molar-refractivity contribution in [3.05, 3.63) is 59.9 Å². The number of carboxylic acid groups (broad SMARTS) is 1. The standard InChI is InChI=1S/C16H14FNO2/c17-14-7-3-12(4-8-14)11-1-5-13(6-2-11)16(9-10-16)18-15(19)20/h1-8,18H,9-10H2,(H,19,20). The van der Waals surface area contributed by atoms with Crippen molar-refractivity contribution in [2.24, 2.45) is 0 Å². The fourth-order valence-electron chi connectivity index (χ4n) is 2.44. The van der Waals surface area contributed by atoms with E-state index in [0.29, 0.717) is 0 Å². The van der Waals surface area contributed by atoms with Gasteiger partial charge in [0.2, 0.25) is 0 Å². The second-order valence-electron chi connectivity index (χ2n) is 5.10. The maximum Gasteiger partial charge on any atom is 0.405 e. The quantitative estimate of drug-likeness (QED) is 0.893. The van der Waals surface area contributed by atoms with Gasteiger partial charge in [0.25, 0.3) is 0 Å². The van der Waals surface area contributed by atoms with E-state index in [4.69, 9.17) is 5.11 Å². The van der Waals surface area contributed by atoms with E-state index in [1.54, 1.807) is 12.1 Å². The summed E-state index contributed by atoms with van der Waals surface area (Å²) < 4.78 is 12.9. The van der Waals surface area contributed by atoms with Crippen LogP contribution >= 0.6 is 0 Å². The van der Waals surface area contributed by atoms with Crippen LogP contribution in [0.1, 0.15) is 18.4 Å². The summed E-state index contributed by atoms with van der Waals surface area (Å²) in [5.74, 6) is -0.257. The van der Waals surface area contributed by atoms with Crippen LogP contribution in [0.15, 0.2) is 48.5 Å². The van der Waals surface area contributed by atoms with E-state index < -0.39 is 11.6 Å². The third-order valence-corrected chi connectivity index (χ3v) is 3.71. The Morgan fingerprint density at radius 3 is 1.95 bits per heavy atom. The molecule has 3 nitrogen and oxygen atoms in total. The van der Waals surface area contributed by atoms with Crippen LogP contribution in [0, 0.1) is 5.82 Å². The third kappa shape index (κ3) is 2.37. The molecule has 20 heavy (non-hydrogen) atoms. The van der Waals surface area contributed by atoms with Gasteiger partial charge in [-0.2, -0.15) is 0 Å². The predicted molar refractivity (Wildman–Crippen MR) is 73.9 cm³/mol. The van der Waals surface area contributed by atoms with Crippen molar-refractivity contribution in [3.8, 4) is 11.1 Å². The molecule has 0 unspecified atom stereocenters. The van der Waals surface area contributed by atoms with E-state index >= 15 is 0 Å². The molecule has 0 heterocycles. The molecule has 1 saturated carbocycles. The summed E-state index contributed by atoms with van der Waals surface area (Å²) in [6.45, 7) is 0. The molecule has 4 heteroatoms. The molecule has 0 bridgehead atoms. The number of nitrogens with one attached hydrogen (secondary N) is 1. The first-order chi connectivity index (χ1) is 9.59. The Kier molecular flexibility index (Phi) is 2.93. The van der Waals surface area contributed by atoms with Gasteiger partial charge in [-0.3, -0.25) is 0 Å². The van der Waals surface area contributed by atoms with Crippen molar-refractivity contribution in [1.82, 2.24) is 5.32 Å². The first-order valence-corrected chi connectivity index (χ1v) is 6.47. The Labute approximate surface area is 116 Å². The molecule has 0 spiro atoms. The molecular weight excluding hydrogens is 257 g/mol. The van der Waals surface area contributed by atoms with Crippen LogP contribution in [-0.2, 0) is 5.54 Å². The normalized spacial score (nSPS) is 15.7. The first kappa shape index (κ1) is 12.7. The summed E-state index contributed by atoms with van der Waals surface area (Å²) in [5, 5.41) is 11.4.